The van der Waals surface area contributed by atoms with Crippen molar-refractivity contribution < 1.29 is 0 Å². The molecule has 5 aromatic carbocycles. The number of anilines is 3. The maximum absolute atomic E-state index is 4.46. The SMILES string of the molecule is c1ccc(N2c3ccccc3B3c4c2cc(-c2cccnc2)cc4-n2c4ccccc4c4cccc3c42)cc1. The van der Waals surface area contributed by atoms with E-state index in [1.54, 1.807) is 0 Å². The lowest BCUT2D eigenvalue weighted by atomic mass is 9.33. The van der Waals surface area contributed by atoms with Crippen molar-refractivity contribution in [3.63, 3.8) is 0 Å². The van der Waals surface area contributed by atoms with Gasteiger partial charge < -0.3 is 9.47 Å². The van der Waals surface area contributed by atoms with E-state index in [2.05, 4.69) is 130 Å². The second-order valence-corrected chi connectivity index (χ2v) is 10.4. The second-order valence-electron chi connectivity index (χ2n) is 10.4. The van der Waals surface area contributed by atoms with Gasteiger partial charge in [-0.15, -0.1) is 0 Å². The topological polar surface area (TPSA) is 21.1 Å². The normalized spacial score (nSPS) is 13.0. The van der Waals surface area contributed by atoms with Crippen LogP contribution >= 0.6 is 0 Å². The quantitative estimate of drug-likeness (QED) is 0.257. The van der Waals surface area contributed by atoms with E-state index in [1.807, 2.05) is 18.5 Å². The fourth-order valence-electron chi connectivity index (χ4n) is 6.92. The lowest BCUT2D eigenvalue weighted by molar-refractivity contribution is 1.18. The van der Waals surface area contributed by atoms with Gasteiger partial charge in [0, 0.05) is 57.0 Å². The number of pyridine rings is 1. The highest BCUT2D eigenvalue weighted by Crippen LogP contribution is 2.42. The molecule has 0 unspecified atom stereocenters. The molecule has 180 valence electrons. The van der Waals surface area contributed by atoms with Crippen LogP contribution in [0.3, 0.4) is 0 Å². The lowest BCUT2D eigenvalue weighted by Crippen LogP contribution is -2.60. The Morgan fingerprint density at radius 1 is 0.564 bits per heavy atom. The first-order valence-corrected chi connectivity index (χ1v) is 13.4. The molecule has 3 nitrogen and oxygen atoms in total. The number of fused-ring (bicyclic) bond motifs is 7. The standard InChI is InChI=1S/C35H22BN3/c1-2-11-25(12-3-1)38-31-18-7-5-15-28(31)36-29-16-8-14-27-26-13-4-6-17-30(26)39(35(27)29)33-21-24(20-32(38)34(33)36)23-10-9-19-37-22-23/h1-22H. The zero-order chi connectivity index (χ0) is 25.5. The van der Waals surface area contributed by atoms with Crippen LogP contribution in [0.15, 0.2) is 134 Å². The summed E-state index contributed by atoms with van der Waals surface area (Å²) in [5, 5.41) is 2.60. The molecule has 0 N–H and O–H groups in total. The Hall–Kier alpha value is -5.09. The number of benzene rings is 5. The fraction of sp³-hybridized carbons (Fsp3) is 0. The number of hydrogen-bond donors (Lipinski definition) is 0. The average Bonchev–Trinajstić information content (AvgIpc) is 3.35. The summed E-state index contributed by atoms with van der Waals surface area (Å²) < 4.78 is 2.51. The minimum absolute atomic E-state index is 0.148. The van der Waals surface area contributed by atoms with Gasteiger partial charge in [-0.1, -0.05) is 78.9 Å². The first kappa shape index (κ1) is 20.9. The highest BCUT2D eigenvalue weighted by Gasteiger charge is 2.42. The Balaban J connectivity index is 1.50. The summed E-state index contributed by atoms with van der Waals surface area (Å²) in [7, 11) is 0. The zero-order valence-electron chi connectivity index (χ0n) is 21.1. The molecule has 2 aliphatic rings. The first-order valence-electron chi connectivity index (χ1n) is 13.4. The van der Waals surface area contributed by atoms with Crippen LogP contribution in [0, 0.1) is 0 Å². The van der Waals surface area contributed by atoms with Gasteiger partial charge in [-0.3, -0.25) is 4.98 Å². The molecule has 0 aliphatic carbocycles. The van der Waals surface area contributed by atoms with Crippen molar-refractivity contribution in [2.24, 2.45) is 0 Å². The highest BCUT2D eigenvalue weighted by molar-refractivity contribution is 7.00. The molecule has 0 bridgehead atoms. The molecular weight excluding hydrogens is 473 g/mol. The van der Waals surface area contributed by atoms with Crippen LogP contribution in [-0.4, -0.2) is 16.3 Å². The van der Waals surface area contributed by atoms with Gasteiger partial charge >= 0.3 is 0 Å². The maximum atomic E-state index is 4.46. The summed E-state index contributed by atoms with van der Waals surface area (Å²) in [5.41, 5.74) is 13.8. The number of rotatable bonds is 2. The molecule has 0 amide bonds. The predicted octanol–water partition coefficient (Wildman–Crippen LogP) is 6.46. The Kier molecular flexibility index (Phi) is 4.14. The molecule has 0 radical (unpaired) electrons. The largest absolute Gasteiger partial charge is 0.311 e. The van der Waals surface area contributed by atoms with E-state index in [-0.39, 0.29) is 6.71 Å². The molecule has 0 saturated heterocycles. The van der Waals surface area contributed by atoms with Crippen LogP contribution in [0.4, 0.5) is 17.1 Å². The van der Waals surface area contributed by atoms with E-state index in [1.165, 1.54) is 60.8 Å². The summed E-state index contributed by atoms with van der Waals surface area (Å²) in [6, 6.07) is 44.3. The van der Waals surface area contributed by atoms with Crippen LogP contribution in [0.5, 0.6) is 0 Å². The smallest absolute Gasteiger partial charge is 0.252 e. The summed E-state index contributed by atoms with van der Waals surface area (Å²) >= 11 is 0. The zero-order valence-corrected chi connectivity index (χ0v) is 21.1. The van der Waals surface area contributed by atoms with E-state index in [0.29, 0.717) is 0 Å². The summed E-state index contributed by atoms with van der Waals surface area (Å²) in [4.78, 5) is 6.91. The fourth-order valence-corrected chi connectivity index (χ4v) is 6.92. The first-order chi connectivity index (χ1) is 19.4. The third-order valence-corrected chi connectivity index (χ3v) is 8.44. The molecular formula is C35H22BN3. The molecule has 2 aromatic heterocycles. The Morgan fingerprint density at radius 2 is 1.33 bits per heavy atom. The monoisotopic (exact) mass is 495 g/mol. The molecule has 0 atom stereocenters. The molecule has 0 spiro atoms. The van der Waals surface area contributed by atoms with E-state index in [0.717, 1.165) is 11.3 Å². The Morgan fingerprint density at radius 3 is 2.23 bits per heavy atom. The van der Waals surface area contributed by atoms with Crippen LogP contribution in [-0.2, 0) is 0 Å². The van der Waals surface area contributed by atoms with Crippen molar-refractivity contribution in [3.05, 3.63) is 134 Å². The summed E-state index contributed by atoms with van der Waals surface area (Å²) in [6.07, 6.45) is 3.81. The number of nitrogens with zero attached hydrogens (tertiary/aromatic N) is 3. The van der Waals surface area contributed by atoms with E-state index < -0.39 is 0 Å². The van der Waals surface area contributed by atoms with Gasteiger partial charge in [0.05, 0.1) is 5.52 Å². The molecule has 4 heterocycles. The molecule has 0 fully saturated rings. The van der Waals surface area contributed by atoms with Gasteiger partial charge in [-0.25, -0.2) is 0 Å². The van der Waals surface area contributed by atoms with E-state index in [9.17, 15) is 0 Å². The van der Waals surface area contributed by atoms with Gasteiger partial charge in [-0.05, 0) is 64.4 Å². The van der Waals surface area contributed by atoms with Crippen LogP contribution in [0.2, 0.25) is 0 Å². The molecule has 0 saturated carbocycles. The Labute approximate surface area is 226 Å². The summed E-state index contributed by atoms with van der Waals surface area (Å²) in [5.74, 6) is 0. The third kappa shape index (κ3) is 2.75. The number of para-hydroxylation sites is 4. The van der Waals surface area contributed by atoms with Gasteiger partial charge in [0.15, 0.2) is 0 Å². The van der Waals surface area contributed by atoms with Crippen LogP contribution in [0.25, 0.3) is 38.6 Å². The molecule has 2 aliphatic heterocycles. The maximum Gasteiger partial charge on any atom is 0.252 e. The molecule has 9 rings (SSSR count). The van der Waals surface area contributed by atoms with Crippen molar-refractivity contribution in [1.29, 1.82) is 0 Å². The van der Waals surface area contributed by atoms with Gasteiger partial charge in [-0.2, -0.15) is 0 Å². The van der Waals surface area contributed by atoms with Crippen molar-refractivity contribution in [3.8, 4) is 16.8 Å². The van der Waals surface area contributed by atoms with Crippen molar-refractivity contribution in [2.45, 2.75) is 0 Å². The average molecular weight is 495 g/mol. The lowest BCUT2D eigenvalue weighted by Gasteiger charge is -2.40. The van der Waals surface area contributed by atoms with E-state index in [4.69, 9.17) is 0 Å². The van der Waals surface area contributed by atoms with Crippen LogP contribution < -0.4 is 21.3 Å². The number of aromatic nitrogens is 2. The predicted molar refractivity (Wildman–Crippen MR) is 163 cm³/mol. The van der Waals surface area contributed by atoms with Gasteiger partial charge in [0.25, 0.3) is 6.71 Å². The summed E-state index contributed by atoms with van der Waals surface area (Å²) in [6.45, 7) is 0.148. The second kappa shape index (κ2) is 7.72. The van der Waals surface area contributed by atoms with Crippen molar-refractivity contribution in [2.75, 3.05) is 4.90 Å². The Bertz CT molecular complexity index is 2080. The molecule has 39 heavy (non-hydrogen) atoms. The minimum Gasteiger partial charge on any atom is -0.311 e. The van der Waals surface area contributed by atoms with Crippen LogP contribution in [0.1, 0.15) is 0 Å². The molecule has 7 aromatic rings. The minimum atomic E-state index is 0.148. The van der Waals surface area contributed by atoms with Gasteiger partial charge in [0.2, 0.25) is 0 Å². The van der Waals surface area contributed by atoms with Crippen molar-refractivity contribution >= 4 is 62.0 Å². The number of hydrogen-bond acceptors (Lipinski definition) is 2. The third-order valence-electron chi connectivity index (χ3n) is 8.44. The highest BCUT2D eigenvalue weighted by atomic mass is 15.2. The van der Waals surface area contributed by atoms with E-state index >= 15 is 0 Å². The molecule has 4 heteroatoms. The van der Waals surface area contributed by atoms with Crippen molar-refractivity contribution in [1.82, 2.24) is 9.55 Å². The van der Waals surface area contributed by atoms with Gasteiger partial charge in [0.1, 0.15) is 0 Å².